The third-order valence-electron chi connectivity index (χ3n) is 6.31. The summed E-state index contributed by atoms with van der Waals surface area (Å²) in [5.74, 6) is -0.235. The van der Waals surface area contributed by atoms with Gasteiger partial charge in [0.25, 0.3) is 0 Å². The molecule has 3 nitrogen and oxygen atoms in total. The molecule has 0 bridgehead atoms. The van der Waals surface area contributed by atoms with Gasteiger partial charge in [-0.25, -0.2) is 0 Å². The summed E-state index contributed by atoms with van der Waals surface area (Å²) < 4.78 is 0. The van der Waals surface area contributed by atoms with E-state index in [0.29, 0.717) is 12.0 Å². The summed E-state index contributed by atoms with van der Waals surface area (Å²) in [5, 5.41) is 11.6. The number of hydrogen-bond acceptors (Lipinski definition) is 2. The third-order valence-corrected chi connectivity index (χ3v) is 6.31. The lowest BCUT2D eigenvalue weighted by Crippen LogP contribution is -2.38. The molecule has 1 fully saturated rings. The van der Waals surface area contributed by atoms with Gasteiger partial charge >= 0.3 is 5.97 Å². The molecule has 3 heteroatoms. The van der Waals surface area contributed by atoms with E-state index in [-0.39, 0.29) is 6.42 Å². The van der Waals surface area contributed by atoms with E-state index < -0.39 is 5.97 Å². The fourth-order valence-corrected chi connectivity index (χ4v) is 4.92. The first-order chi connectivity index (χ1) is 14.2. The van der Waals surface area contributed by atoms with Crippen LogP contribution in [0.25, 0.3) is 10.8 Å². The van der Waals surface area contributed by atoms with Crippen LogP contribution in [0.1, 0.15) is 49.7 Å². The number of aliphatic carboxylic acids is 1. The van der Waals surface area contributed by atoms with Crippen molar-refractivity contribution in [2.45, 2.75) is 51.0 Å². The van der Waals surface area contributed by atoms with Gasteiger partial charge in [-0.3, -0.25) is 4.79 Å². The monoisotopic (exact) mass is 387 g/mol. The Kier molecular flexibility index (Phi) is 5.84. The Bertz CT molecular complexity index is 974. The standard InChI is InChI=1S/C26H29NO2/c1-2-27(25-12-6-8-21-7-3-4-11-24(21)25)23-10-5-9-22(18-23)20-15-13-19(14-16-20)17-26(28)29/h3-4,6-8,11-16,22-23H,2,5,9-10,17-18H2,1H3,(H,28,29). The summed E-state index contributed by atoms with van der Waals surface area (Å²) in [5.41, 5.74) is 3.56. The smallest absolute Gasteiger partial charge is 0.307 e. The van der Waals surface area contributed by atoms with Crippen molar-refractivity contribution in [3.05, 3.63) is 77.9 Å². The molecule has 3 aromatic rings. The van der Waals surface area contributed by atoms with Crippen LogP contribution in [-0.4, -0.2) is 23.7 Å². The maximum Gasteiger partial charge on any atom is 0.307 e. The van der Waals surface area contributed by atoms with Crippen LogP contribution in [0, 0.1) is 0 Å². The highest BCUT2D eigenvalue weighted by molar-refractivity contribution is 5.94. The highest BCUT2D eigenvalue weighted by atomic mass is 16.4. The molecule has 2 atom stereocenters. The second kappa shape index (κ2) is 8.69. The number of hydrogen-bond donors (Lipinski definition) is 1. The van der Waals surface area contributed by atoms with Crippen LogP contribution in [0.15, 0.2) is 66.7 Å². The Morgan fingerprint density at radius 3 is 2.52 bits per heavy atom. The summed E-state index contributed by atoms with van der Waals surface area (Å²) >= 11 is 0. The molecular weight excluding hydrogens is 358 g/mol. The van der Waals surface area contributed by atoms with E-state index in [9.17, 15) is 4.79 Å². The average Bonchev–Trinajstić information content (AvgIpc) is 2.75. The molecule has 1 saturated carbocycles. The van der Waals surface area contributed by atoms with Crippen molar-refractivity contribution in [3.63, 3.8) is 0 Å². The van der Waals surface area contributed by atoms with Crippen LogP contribution in [0.5, 0.6) is 0 Å². The van der Waals surface area contributed by atoms with E-state index in [1.165, 1.54) is 41.3 Å². The van der Waals surface area contributed by atoms with Crippen LogP contribution in [0.4, 0.5) is 5.69 Å². The minimum Gasteiger partial charge on any atom is -0.481 e. The average molecular weight is 388 g/mol. The zero-order valence-corrected chi connectivity index (χ0v) is 17.1. The number of anilines is 1. The molecule has 0 radical (unpaired) electrons. The van der Waals surface area contributed by atoms with Crippen molar-refractivity contribution in [3.8, 4) is 0 Å². The predicted octanol–water partition coefficient (Wildman–Crippen LogP) is 6.02. The van der Waals surface area contributed by atoms with Gasteiger partial charge in [-0.2, -0.15) is 0 Å². The van der Waals surface area contributed by atoms with E-state index in [1.807, 2.05) is 12.1 Å². The van der Waals surface area contributed by atoms with Gasteiger partial charge in [-0.1, -0.05) is 67.1 Å². The normalized spacial score (nSPS) is 19.2. The molecule has 2 unspecified atom stereocenters. The van der Waals surface area contributed by atoms with E-state index in [4.69, 9.17) is 5.11 Å². The molecule has 150 valence electrons. The predicted molar refractivity (Wildman–Crippen MR) is 120 cm³/mol. The van der Waals surface area contributed by atoms with Gasteiger partial charge in [0, 0.05) is 23.7 Å². The fourth-order valence-electron chi connectivity index (χ4n) is 4.92. The number of carboxylic acids is 1. The van der Waals surface area contributed by atoms with Crippen molar-refractivity contribution in [1.82, 2.24) is 0 Å². The van der Waals surface area contributed by atoms with Crippen LogP contribution in [0.2, 0.25) is 0 Å². The molecular formula is C26H29NO2. The lowest BCUT2D eigenvalue weighted by molar-refractivity contribution is -0.136. The van der Waals surface area contributed by atoms with Crippen molar-refractivity contribution in [2.24, 2.45) is 0 Å². The summed E-state index contributed by atoms with van der Waals surface area (Å²) in [6.45, 7) is 3.26. The van der Waals surface area contributed by atoms with Crippen molar-refractivity contribution in [2.75, 3.05) is 11.4 Å². The molecule has 0 spiro atoms. The topological polar surface area (TPSA) is 40.5 Å². The van der Waals surface area contributed by atoms with Gasteiger partial charge in [0.1, 0.15) is 0 Å². The zero-order valence-electron chi connectivity index (χ0n) is 17.1. The molecule has 29 heavy (non-hydrogen) atoms. The van der Waals surface area contributed by atoms with Crippen LogP contribution >= 0.6 is 0 Å². The summed E-state index contributed by atoms with van der Waals surface area (Å²) in [4.78, 5) is 13.5. The molecule has 1 aliphatic rings. The van der Waals surface area contributed by atoms with E-state index in [2.05, 4.69) is 66.4 Å². The van der Waals surface area contributed by atoms with Crippen LogP contribution in [0.3, 0.4) is 0 Å². The summed E-state index contributed by atoms with van der Waals surface area (Å²) in [7, 11) is 0. The number of carbonyl (C=O) groups is 1. The zero-order chi connectivity index (χ0) is 20.2. The van der Waals surface area contributed by atoms with Gasteiger partial charge in [0.15, 0.2) is 0 Å². The quantitative estimate of drug-likeness (QED) is 0.562. The number of rotatable bonds is 6. The largest absolute Gasteiger partial charge is 0.481 e. The molecule has 1 N–H and O–H groups in total. The van der Waals surface area contributed by atoms with Gasteiger partial charge < -0.3 is 10.0 Å². The lowest BCUT2D eigenvalue weighted by atomic mass is 9.80. The minimum atomic E-state index is -0.774. The molecule has 0 aromatic heterocycles. The van der Waals surface area contributed by atoms with Crippen molar-refractivity contribution >= 4 is 22.4 Å². The molecule has 4 rings (SSSR count). The van der Waals surface area contributed by atoms with Gasteiger partial charge in [0.2, 0.25) is 0 Å². The maximum atomic E-state index is 10.9. The Morgan fingerprint density at radius 2 is 1.76 bits per heavy atom. The van der Waals surface area contributed by atoms with E-state index >= 15 is 0 Å². The Hall–Kier alpha value is -2.81. The van der Waals surface area contributed by atoms with Gasteiger partial charge in [0.05, 0.1) is 6.42 Å². The van der Waals surface area contributed by atoms with Crippen LogP contribution < -0.4 is 4.90 Å². The van der Waals surface area contributed by atoms with Gasteiger partial charge in [-0.05, 0) is 54.7 Å². The first-order valence-corrected chi connectivity index (χ1v) is 10.7. The van der Waals surface area contributed by atoms with Crippen molar-refractivity contribution < 1.29 is 9.90 Å². The first-order valence-electron chi connectivity index (χ1n) is 10.7. The summed E-state index contributed by atoms with van der Waals surface area (Å²) in [6.07, 6.45) is 4.91. The minimum absolute atomic E-state index is 0.0955. The second-order valence-corrected chi connectivity index (χ2v) is 8.11. The van der Waals surface area contributed by atoms with Gasteiger partial charge in [-0.15, -0.1) is 0 Å². The highest BCUT2D eigenvalue weighted by Crippen LogP contribution is 2.38. The Balaban J connectivity index is 1.56. The number of carboxylic acid groups (broad SMARTS) is 1. The Labute approximate surface area is 173 Å². The number of fused-ring (bicyclic) bond motifs is 1. The molecule has 1 aliphatic carbocycles. The highest BCUT2D eigenvalue weighted by Gasteiger charge is 2.28. The van der Waals surface area contributed by atoms with Crippen molar-refractivity contribution in [1.29, 1.82) is 0 Å². The number of nitrogens with zero attached hydrogens (tertiary/aromatic N) is 1. The third kappa shape index (κ3) is 4.29. The molecule has 0 amide bonds. The van der Waals surface area contributed by atoms with E-state index in [1.54, 1.807) is 0 Å². The fraction of sp³-hybridized carbons (Fsp3) is 0.346. The molecule has 0 heterocycles. The first kappa shape index (κ1) is 19.5. The summed E-state index contributed by atoms with van der Waals surface area (Å²) in [6, 6.07) is 24.0. The SMILES string of the molecule is CCN(c1cccc2ccccc12)C1CCCC(c2ccc(CC(=O)O)cc2)C1. The molecule has 0 aliphatic heterocycles. The maximum absolute atomic E-state index is 10.9. The van der Waals surface area contributed by atoms with E-state index in [0.717, 1.165) is 18.5 Å². The lowest BCUT2D eigenvalue weighted by Gasteiger charge is -2.39. The molecule has 0 saturated heterocycles. The Morgan fingerprint density at radius 1 is 1.00 bits per heavy atom. The number of benzene rings is 3. The molecule has 3 aromatic carbocycles. The van der Waals surface area contributed by atoms with Crippen LogP contribution in [-0.2, 0) is 11.2 Å². The second-order valence-electron chi connectivity index (χ2n) is 8.11.